The lowest BCUT2D eigenvalue weighted by Gasteiger charge is -2.26. The Labute approximate surface area is 106 Å². The highest BCUT2D eigenvalue weighted by Crippen LogP contribution is 2.12. The molecule has 96 valence electrons. The highest BCUT2D eigenvalue weighted by atomic mass is 14.9. The lowest BCUT2D eigenvalue weighted by molar-refractivity contribution is 0.370. The number of aryl methyl sites for hydroxylation is 2. The van der Waals surface area contributed by atoms with Crippen LogP contribution in [0.2, 0.25) is 0 Å². The van der Waals surface area contributed by atoms with Gasteiger partial charge in [0.2, 0.25) is 0 Å². The van der Waals surface area contributed by atoms with Crippen molar-refractivity contribution in [3.05, 3.63) is 34.9 Å². The Morgan fingerprint density at radius 2 is 1.94 bits per heavy atom. The summed E-state index contributed by atoms with van der Waals surface area (Å²) in [5.41, 5.74) is 9.92. The number of hydrogen-bond donors (Lipinski definition) is 2. The molecule has 0 aromatic heterocycles. The van der Waals surface area contributed by atoms with Gasteiger partial charge in [-0.3, -0.25) is 0 Å². The molecule has 0 fully saturated rings. The quantitative estimate of drug-likeness (QED) is 0.794. The summed E-state index contributed by atoms with van der Waals surface area (Å²) in [5.74, 6) is 0. The van der Waals surface area contributed by atoms with Gasteiger partial charge in [0.15, 0.2) is 0 Å². The van der Waals surface area contributed by atoms with Crippen LogP contribution in [0.15, 0.2) is 18.2 Å². The lowest BCUT2D eigenvalue weighted by Crippen LogP contribution is -2.42. The molecule has 1 aromatic rings. The molecule has 0 bridgehead atoms. The fraction of sp³-hybridized carbons (Fsp3) is 0.600. The van der Waals surface area contributed by atoms with Crippen molar-refractivity contribution in [3.63, 3.8) is 0 Å². The van der Waals surface area contributed by atoms with Crippen LogP contribution in [0, 0.1) is 13.8 Å². The zero-order chi connectivity index (χ0) is 12.9. The monoisotopic (exact) mass is 234 g/mol. The van der Waals surface area contributed by atoms with E-state index in [0.717, 1.165) is 25.9 Å². The average molecular weight is 234 g/mol. The van der Waals surface area contributed by atoms with Crippen LogP contribution in [-0.4, -0.2) is 18.6 Å². The molecule has 17 heavy (non-hydrogen) atoms. The van der Waals surface area contributed by atoms with Crippen LogP contribution in [0.1, 0.15) is 37.0 Å². The van der Waals surface area contributed by atoms with E-state index < -0.39 is 0 Å². The summed E-state index contributed by atoms with van der Waals surface area (Å²) in [4.78, 5) is 0. The molecule has 0 atom stereocenters. The normalized spacial score (nSPS) is 11.8. The molecule has 0 amide bonds. The molecule has 2 nitrogen and oxygen atoms in total. The van der Waals surface area contributed by atoms with Crippen LogP contribution < -0.4 is 11.1 Å². The van der Waals surface area contributed by atoms with Gasteiger partial charge >= 0.3 is 0 Å². The van der Waals surface area contributed by atoms with Crippen LogP contribution >= 0.6 is 0 Å². The Bertz CT molecular complexity index is 356. The first kappa shape index (κ1) is 14.2. The van der Waals surface area contributed by atoms with Crippen LogP contribution in [-0.2, 0) is 6.42 Å². The molecule has 1 aromatic carbocycles. The van der Waals surface area contributed by atoms with Gasteiger partial charge < -0.3 is 11.1 Å². The molecular formula is C15H26N2. The van der Waals surface area contributed by atoms with E-state index in [1.54, 1.807) is 0 Å². The number of nitrogens with one attached hydrogen (secondary N) is 1. The first-order chi connectivity index (χ1) is 7.94. The molecule has 0 aliphatic rings. The van der Waals surface area contributed by atoms with E-state index in [0.29, 0.717) is 0 Å². The van der Waals surface area contributed by atoms with Gasteiger partial charge in [0, 0.05) is 5.54 Å². The van der Waals surface area contributed by atoms with Crippen LogP contribution in [0.5, 0.6) is 0 Å². The zero-order valence-electron chi connectivity index (χ0n) is 11.6. The number of hydrogen-bond acceptors (Lipinski definition) is 2. The highest BCUT2D eigenvalue weighted by molar-refractivity contribution is 5.30. The minimum absolute atomic E-state index is 0.145. The van der Waals surface area contributed by atoms with Crippen molar-refractivity contribution in [1.82, 2.24) is 5.32 Å². The van der Waals surface area contributed by atoms with Crippen LogP contribution in [0.25, 0.3) is 0 Å². The topological polar surface area (TPSA) is 38.0 Å². The largest absolute Gasteiger partial charge is 0.330 e. The first-order valence-electron chi connectivity index (χ1n) is 6.46. The highest BCUT2D eigenvalue weighted by Gasteiger charge is 2.14. The Hall–Kier alpha value is -0.860. The van der Waals surface area contributed by atoms with Crippen LogP contribution in [0.4, 0.5) is 0 Å². The Morgan fingerprint density at radius 1 is 1.24 bits per heavy atom. The third-order valence-electron chi connectivity index (χ3n) is 3.27. The maximum Gasteiger partial charge on any atom is 0.0137 e. The van der Waals surface area contributed by atoms with Gasteiger partial charge in [0.1, 0.15) is 0 Å². The van der Waals surface area contributed by atoms with E-state index in [9.17, 15) is 0 Å². The summed E-state index contributed by atoms with van der Waals surface area (Å²) in [6, 6.07) is 6.66. The van der Waals surface area contributed by atoms with E-state index in [1.807, 2.05) is 0 Å². The molecule has 0 saturated heterocycles. The molecule has 0 heterocycles. The van der Waals surface area contributed by atoms with Gasteiger partial charge in [-0.15, -0.1) is 0 Å². The number of benzene rings is 1. The average Bonchev–Trinajstić information content (AvgIpc) is 2.23. The van der Waals surface area contributed by atoms with E-state index in [-0.39, 0.29) is 5.54 Å². The lowest BCUT2D eigenvalue weighted by atomic mass is 9.99. The molecule has 0 unspecified atom stereocenters. The van der Waals surface area contributed by atoms with E-state index in [4.69, 9.17) is 5.73 Å². The minimum atomic E-state index is 0.145. The van der Waals surface area contributed by atoms with Gasteiger partial charge in [-0.05, 0) is 64.8 Å². The van der Waals surface area contributed by atoms with Crippen molar-refractivity contribution in [2.75, 3.05) is 13.1 Å². The molecule has 2 heteroatoms. The van der Waals surface area contributed by atoms with Gasteiger partial charge in [-0.1, -0.05) is 23.8 Å². The molecule has 1 rings (SSSR count). The van der Waals surface area contributed by atoms with E-state index in [2.05, 4.69) is 51.2 Å². The molecule has 0 aliphatic heterocycles. The third-order valence-corrected chi connectivity index (χ3v) is 3.27. The van der Waals surface area contributed by atoms with Gasteiger partial charge in [0.25, 0.3) is 0 Å². The predicted octanol–water partition coefficient (Wildman–Crippen LogP) is 2.56. The summed E-state index contributed by atoms with van der Waals surface area (Å²) in [6.45, 7) is 10.5. The second kappa shape index (κ2) is 6.18. The Morgan fingerprint density at radius 3 is 2.59 bits per heavy atom. The Kier molecular flexibility index (Phi) is 5.16. The van der Waals surface area contributed by atoms with Crippen molar-refractivity contribution >= 4 is 0 Å². The maximum absolute atomic E-state index is 5.60. The fourth-order valence-electron chi connectivity index (χ4n) is 2.05. The summed E-state index contributed by atoms with van der Waals surface area (Å²) >= 11 is 0. The van der Waals surface area contributed by atoms with Crippen molar-refractivity contribution in [1.29, 1.82) is 0 Å². The number of rotatable bonds is 6. The Balaban J connectivity index is 2.48. The SMILES string of the molecule is Cc1ccc(C)c(CCNC(C)(C)CCN)c1. The van der Waals surface area contributed by atoms with Crippen molar-refractivity contribution < 1.29 is 0 Å². The zero-order valence-corrected chi connectivity index (χ0v) is 11.6. The van der Waals surface area contributed by atoms with Gasteiger partial charge in [-0.2, -0.15) is 0 Å². The van der Waals surface area contributed by atoms with Crippen molar-refractivity contribution in [2.24, 2.45) is 5.73 Å². The van der Waals surface area contributed by atoms with Gasteiger partial charge in [0.05, 0.1) is 0 Å². The predicted molar refractivity (Wildman–Crippen MR) is 75.4 cm³/mol. The second-order valence-electron chi connectivity index (χ2n) is 5.53. The fourth-order valence-corrected chi connectivity index (χ4v) is 2.05. The molecule has 0 spiro atoms. The van der Waals surface area contributed by atoms with Crippen molar-refractivity contribution in [3.8, 4) is 0 Å². The first-order valence-corrected chi connectivity index (χ1v) is 6.46. The maximum atomic E-state index is 5.60. The molecule has 3 N–H and O–H groups in total. The van der Waals surface area contributed by atoms with Crippen LogP contribution in [0.3, 0.4) is 0 Å². The standard InChI is InChI=1S/C15H26N2/c1-12-5-6-13(2)14(11-12)7-10-17-15(3,4)8-9-16/h5-6,11,17H,7-10,16H2,1-4H3. The smallest absolute Gasteiger partial charge is 0.0137 e. The summed E-state index contributed by atoms with van der Waals surface area (Å²) in [5, 5.41) is 3.58. The summed E-state index contributed by atoms with van der Waals surface area (Å²) < 4.78 is 0. The summed E-state index contributed by atoms with van der Waals surface area (Å²) in [6.07, 6.45) is 2.10. The number of nitrogens with two attached hydrogens (primary N) is 1. The minimum Gasteiger partial charge on any atom is -0.330 e. The third kappa shape index (κ3) is 4.88. The summed E-state index contributed by atoms with van der Waals surface area (Å²) in [7, 11) is 0. The van der Waals surface area contributed by atoms with Crippen molar-refractivity contribution in [2.45, 2.75) is 46.1 Å². The molecule has 0 radical (unpaired) electrons. The second-order valence-corrected chi connectivity index (χ2v) is 5.53. The van der Waals surface area contributed by atoms with E-state index >= 15 is 0 Å². The van der Waals surface area contributed by atoms with Gasteiger partial charge in [-0.25, -0.2) is 0 Å². The molecule has 0 saturated carbocycles. The molecular weight excluding hydrogens is 208 g/mol. The molecule has 0 aliphatic carbocycles. The van der Waals surface area contributed by atoms with E-state index in [1.165, 1.54) is 16.7 Å².